The number of aromatic nitrogens is 2. The number of rotatable bonds is 4. The summed E-state index contributed by atoms with van der Waals surface area (Å²) in [5.41, 5.74) is 1.06. The summed E-state index contributed by atoms with van der Waals surface area (Å²) < 4.78 is 48.7. The molecule has 4 rings (SSSR count). The van der Waals surface area contributed by atoms with Gasteiger partial charge in [0.1, 0.15) is 5.82 Å². The van der Waals surface area contributed by atoms with Crippen molar-refractivity contribution in [1.82, 2.24) is 9.55 Å². The number of aryl methyl sites for hydroxylation is 1. The summed E-state index contributed by atoms with van der Waals surface area (Å²) in [7, 11) is 3.83. The van der Waals surface area contributed by atoms with Crippen LogP contribution in [0.15, 0.2) is 35.1 Å². The summed E-state index contributed by atoms with van der Waals surface area (Å²) in [6.45, 7) is 1.69. The zero-order valence-electron chi connectivity index (χ0n) is 16.3. The third-order valence-electron chi connectivity index (χ3n) is 5.29. The molecule has 1 aliphatic heterocycles. The van der Waals surface area contributed by atoms with Gasteiger partial charge in [0, 0.05) is 11.8 Å². The molecule has 156 valence electrons. The van der Waals surface area contributed by atoms with Crippen LogP contribution in [0, 0.1) is 24.4 Å². The van der Waals surface area contributed by atoms with Crippen LogP contribution in [-0.2, 0) is 6.42 Å². The largest absolute Gasteiger partial charge is 0.494 e. The molecule has 1 N–H and O–H groups in total. The Labute approximate surface area is 173 Å². The van der Waals surface area contributed by atoms with Gasteiger partial charge in [-0.3, -0.25) is 4.79 Å². The van der Waals surface area contributed by atoms with E-state index in [0.717, 1.165) is 5.56 Å². The second-order valence-electron chi connectivity index (χ2n) is 7.13. The Hall–Kier alpha value is -2.86. The Balaban J connectivity index is 1.86. The molecule has 2 unspecified atom stereocenters. The average molecular weight is 433 g/mol. The number of nitrogens with one attached hydrogen (secondary N) is 1. The second-order valence-corrected chi connectivity index (χ2v) is 7.75. The summed E-state index contributed by atoms with van der Waals surface area (Å²) in [6.07, 6.45) is 0.853. The molecule has 2 atom stereocenters. The monoisotopic (exact) mass is 433 g/mol. The molecule has 2 heterocycles. The minimum absolute atomic E-state index is 0.0246. The van der Waals surface area contributed by atoms with Gasteiger partial charge < -0.3 is 14.6 Å². The molecule has 0 saturated heterocycles. The first-order valence-electron chi connectivity index (χ1n) is 9.27. The lowest BCUT2D eigenvalue weighted by Crippen LogP contribution is -2.24. The zero-order chi connectivity index (χ0) is 21.6. The fraction of sp³-hybridized carbons (Fsp3) is 0.238. The maximum Gasteiger partial charge on any atom is 0.310 e. The van der Waals surface area contributed by atoms with Crippen molar-refractivity contribution in [1.29, 1.82) is 0 Å². The predicted molar refractivity (Wildman–Crippen MR) is 112 cm³/mol. The molecule has 9 heteroatoms. The van der Waals surface area contributed by atoms with E-state index in [4.69, 9.17) is 4.74 Å². The van der Waals surface area contributed by atoms with Gasteiger partial charge in [0.15, 0.2) is 11.6 Å². The molecular formula is C21H19F3N3O2P. The highest BCUT2D eigenvalue weighted by Crippen LogP contribution is 2.36. The SMILES string of the molecule is COc1cc(Nc2nc(=O)c(F)c3n2C(c2ccc(F)cc2P)CC3)c(C)cc1F. The molecule has 0 saturated carbocycles. The van der Waals surface area contributed by atoms with Crippen LogP contribution in [0.4, 0.5) is 24.8 Å². The molecule has 0 spiro atoms. The zero-order valence-corrected chi connectivity index (χ0v) is 17.5. The number of hydrogen-bond acceptors (Lipinski definition) is 4. The van der Waals surface area contributed by atoms with Crippen molar-refractivity contribution >= 4 is 26.2 Å². The van der Waals surface area contributed by atoms with Crippen molar-refractivity contribution < 1.29 is 17.9 Å². The van der Waals surface area contributed by atoms with Gasteiger partial charge in [0.25, 0.3) is 0 Å². The molecule has 0 bridgehead atoms. The van der Waals surface area contributed by atoms with E-state index in [2.05, 4.69) is 19.5 Å². The van der Waals surface area contributed by atoms with E-state index < -0.39 is 17.2 Å². The fourth-order valence-electron chi connectivity index (χ4n) is 3.82. The van der Waals surface area contributed by atoms with Gasteiger partial charge in [0.05, 0.1) is 18.8 Å². The summed E-state index contributed by atoms with van der Waals surface area (Å²) in [6, 6.07) is 6.77. The second kappa shape index (κ2) is 7.76. The lowest BCUT2D eigenvalue weighted by Gasteiger charge is -2.22. The number of hydrogen-bond donors (Lipinski definition) is 1. The van der Waals surface area contributed by atoms with Crippen molar-refractivity contribution in [3.63, 3.8) is 0 Å². The van der Waals surface area contributed by atoms with Gasteiger partial charge in [-0.1, -0.05) is 6.07 Å². The molecular weight excluding hydrogens is 414 g/mol. The molecule has 3 aromatic rings. The van der Waals surface area contributed by atoms with Gasteiger partial charge in [-0.15, -0.1) is 9.24 Å². The third-order valence-corrected chi connectivity index (χ3v) is 5.79. The van der Waals surface area contributed by atoms with Crippen LogP contribution in [0.3, 0.4) is 0 Å². The van der Waals surface area contributed by atoms with Crippen molar-refractivity contribution in [3.05, 3.63) is 75.0 Å². The van der Waals surface area contributed by atoms with E-state index in [-0.39, 0.29) is 29.3 Å². The van der Waals surface area contributed by atoms with Crippen LogP contribution in [0.25, 0.3) is 0 Å². The first-order chi connectivity index (χ1) is 14.3. The highest BCUT2D eigenvalue weighted by molar-refractivity contribution is 7.27. The van der Waals surface area contributed by atoms with Crippen molar-refractivity contribution in [3.8, 4) is 5.75 Å². The molecule has 30 heavy (non-hydrogen) atoms. The van der Waals surface area contributed by atoms with E-state index in [0.29, 0.717) is 29.4 Å². The molecule has 0 aliphatic carbocycles. The smallest absolute Gasteiger partial charge is 0.310 e. The predicted octanol–water partition coefficient (Wildman–Crippen LogP) is 3.76. The van der Waals surface area contributed by atoms with Crippen molar-refractivity contribution in [2.75, 3.05) is 12.4 Å². The van der Waals surface area contributed by atoms with Crippen LogP contribution in [0.2, 0.25) is 0 Å². The Bertz CT molecular complexity index is 1210. The van der Waals surface area contributed by atoms with E-state index in [1.807, 2.05) is 0 Å². The maximum absolute atomic E-state index is 14.6. The fourth-order valence-corrected chi connectivity index (χ4v) is 4.27. The first kappa shape index (κ1) is 20.4. The summed E-state index contributed by atoms with van der Waals surface area (Å²) in [4.78, 5) is 16.0. The lowest BCUT2D eigenvalue weighted by atomic mass is 10.0. The van der Waals surface area contributed by atoms with Gasteiger partial charge in [-0.25, -0.2) is 8.78 Å². The standard InChI is InChI=1S/C21H19F3N3O2P/c1-10-7-13(23)17(29-2)9-14(10)25-21-26-20(28)19(24)16-6-5-15(27(16)21)12-4-3-11(22)8-18(12)30/h3-4,7-9,15H,5-6,30H2,1-2H3,(H,25,26,28). The lowest BCUT2D eigenvalue weighted by molar-refractivity contribution is 0.386. The molecule has 5 nitrogen and oxygen atoms in total. The average Bonchev–Trinajstić information content (AvgIpc) is 3.13. The molecule has 1 aliphatic rings. The van der Waals surface area contributed by atoms with Gasteiger partial charge in [-0.05, 0) is 54.4 Å². The van der Waals surface area contributed by atoms with Crippen LogP contribution in [0.1, 0.15) is 29.3 Å². The Morgan fingerprint density at radius 2 is 2.00 bits per heavy atom. The van der Waals surface area contributed by atoms with Crippen LogP contribution in [0.5, 0.6) is 5.75 Å². The molecule has 0 amide bonds. The molecule has 0 radical (unpaired) electrons. The van der Waals surface area contributed by atoms with Crippen LogP contribution in [-0.4, -0.2) is 16.7 Å². The summed E-state index contributed by atoms with van der Waals surface area (Å²) >= 11 is 0. The van der Waals surface area contributed by atoms with Crippen molar-refractivity contribution in [2.45, 2.75) is 25.8 Å². The van der Waals surface area contributed by atoms with E-state index in [9.17, 15) is 18.0 Å². The minimum atomic E-state index is -0.971. The highest BCUT2D eigenvalue weighted by Gasteiger charge is 2.31. The van der Waals surface area contributed by atoms with Gasteiger partial charge in [-0.2, -0.15) is 9.37 Å². The molecule has 0 fully saturated rings. The number of anilines is 2. The first-order valence-corrected chi connectivity index (χ1v) is 9.85. The molecule has 1 aromatic heterocycles. The number of nitrogens with zero attached hydrogens (tertiary/aromatic N) is 2. The minimum Gasteiger partial charge on any atom is -0.494 e. The normalized spacial score (nSPS) is 15.2. The van der Waals surface area contributed by atoms with Crippen molar-refractivity contribution in [2.24, 2.45) is 0 Å². The van der Waals surface area contributed by atoms with E-state index >= 15 is 0 Å². The summed E-state index contributed by atoms with van der Waals surface area (Å²) in [5, 5.41) is 3.67. The number of ether oxygens (including phenoxy) is 1. The Morgan fingerprint density at radius 3 is 2.70 bits per heavy atom. The maximum atomic E-state index is 14.6. The van der Waals surface area contributed by atoms with Crippen LogP contribution < -0.4 is 20.9 Å². The number of methoxy groups -OCH3 is 1. The van der Waals surface area contributed by atoms with Gasteiger partial charge in [0.2, 0.25) is 11.8 Å². The van der Waals surface area contributed by atoms with Gasteiger partial charge >= 0.3 is 5.56 Å². The highest BCUT2D eigenvalue weighted by atomic mass is 31.0. The molecule has 2 aromatic carbocycles. The van der Waals surface area contributed by atoms with E-state index in [1.165, 1.54) is 31.4 Å². The number of fused-ring (bicyclic) bond motifs is 1. The number of benzene rings is 2. The Kier molecular flexibility index (Phi) is 5.28. The number of halogens is 3. The van der Waals surface area contributed by atoms with Crippen LogP contribution >= 0.6 is 9.24 Å². The quantitative estimate of drug-likeness (QED) is 0.637. The third kappa shape index (κ3) is 3.45. The summed E-state index contributed by atoms with van der Waals surface area (Å²) in [5.74, 6) is -1.64. The van der Waals surface area contributed by atoms with E-state index in [1.54, 1.807) is 17.6 Å². The Morgan fingerprint density at radius 1 is 1.23 bits per heavy atom. The topological polar surface area (TPSA) is 56.1 Å².